The summed E-state index contributed by atoms with van der Waals surface area (Å²) in [5, 5.41) is 4.81. The summed E-state index contributed by atoms with van der Waals surface area (Å²) in [6.07, 6.45) is 5.38. The molecule has 0 radical (unpaired) electrons. The van der Waals surface area contributed by atoms with Crippen LogP contribution < -0.4 is 9.62 Å². The number of hydrogen-bond acceptors (Lipinski definition) is 4. The van der Waals surface area contributed by atoms with E-state index in [2.05, 4.69) is 5.32 Å². The average Bonchev–Trinajstić information content (AvgIpc) is 3.51. The highest BCUT2D eigenvalue weighted by Crippen LogP contribution is 2.29. The van der Waals surface area contributed by atoms with Crippen molar-refractivity contribution in [2.24, 2.45) is 0 Å². The topological polar surface area (TPSA) is 86.8 Å². The van der Waals surface area contributed by atoms with E-state index in [1.807, 2.05) is 91.9 Å². The molecule has 2 amide bonds. The molecule has 43 heavy (non-hydrogen) atoms. The standard InChI is InChI=1S/C35H39N3O4S/c1-26-13-6-7-17-29(26)24-37(33(23-27-14-4-3-5-15-27)35(40)36-30-19-9-10-20-30)34(39)25-38(43(2,41)42)32-22-12-18-28-16-8-11-21-31(28)32/h3-8,11-18,21-22,30,33H,9-10,19-20,23-25H2,1-2H3,(H,36,40)/t33-/m0/s1. The third-order valence-electron chi connectivity index (χ3n) is 8.29. The van der Waals surface area contributed by atoms with E-state index in [4.69, 9.17) is 0 Å². The van der Waals surface area contributed by atoms with E-state index < -0.39 is 28.5 Å². The van der Waals surface area contributed by atoms with Crippen molar-refractivity contribution in [3.05, 3.63) is 114 Å². The zero-order valence-electron chi connectivity index (χ0n) is 24.8. The van der Waals surface area contributed by atoms with Crippen LogP contribution in [0.25, 0.3) is 10.8 Å². The van der Waals surface area contributed by atoms with Crippen molar-refractivity contribution in [1.82, 2.24) is 10.2 Å². The molecular weight excluding hydrogens is 558 g/mol. The Morgan fingerprint density at radius 3 is 2.23 bits per heavy atom. The summed E-state index contributed by atoms with van der Waals surface area (Å²) in [5.41, 5.74) is 3.24. The average molecular weight is 598 g/mol. The second-order valence-corrected chi connectivity index (χ2v) is 13.3. The molecule has 0 aliphatic heterocycles. The molecule has 0 heterocycles. The minimum Gasteiger partial charge on any atom is -0.352 e. The van der Waals surface area contributed by atoms with Gasteiger partial charge in [0, 0.05) is 24.4 Å². The Balaban J connectivity index is 1.55. The molecule has 5 rings (SSSR count). The Kier molecular flexibility index (Phi) is 9.46. The lowest BCUT2D eigenvalue weighted by Crippen LogP contribution is -2.54. The lowest BCUT2D eigenvalue weighted by atomic mass is 10.0. The van der Waals surface area contributed by atoms with E-state index in [0.717, 1.165) is 63.7 Å². The van der Waals surface area contributed by atoms with Crippen LogP contribution in [0.4, 0.5) is 5.69 Å². The SMILES string of the molecule is Cc1ccccc1CN(C(=O)CN(c1cccc2ccccc12)S(C)(=O)=O)[C@@H](Cc1ccccc1)C(=O)NC1CCCC1. The molecule has 1 N–H and O–H groups in total. The number of hydrogen-bond donors (Lipinski definition) is 1. The fourth-order valence-electron chi connectivity index (χ4n) is 5.91. The van der Waals surface area contributed by atoms with Gasteiger partial charge in [-0.15, -0.1) is 0 Å². The van der Waals surface area contributed by atoms with Gasteiger partial charge < -0.3 is 10.2 Å². The monoisotopic (exact) mass is 597 g/mol. The Morgan fingerprint density at radius 1 is 0.860 bits per heavy atom. The number of carbonyl (C=O) groups excluding carboxylic acids is 2. The van der Waals surface area contributed by atoms with Crippen molar-refractivity contribution >= 4 is 38.3 Å². The van der Waals surface area contributed by atoms with Gasteiger partial charge in [-0.05, 0) is 47.9 Å². The minimum atomic E-state index is -3.86. The highest BCUT2D eigenvalue weighted by atomic mass is 32.2. The normalized spacial score (nSPS) is 14.4. The van der Waals surface area contributed by atoms with Gasteiger partial charge in [0.05, 0.1) is 11.9 Å². The first kappa shape index (κ1) is 30.3. The lowest BCUT2D eigenvalue weighted by molar-refractivity contribution is -0.140. The molecule has 0 saturated heterocycles. The smallest absolute Gasteiger partial charge is 0.244 e. The summed E-state index contributed by atoms with van der Waals surface area (Å²) in [6, 6.07) is 29.6. The molecule has 1 fully saturated rings. The molecule has 1 aliphatic rings. The van der Waals surface area contributed by atoms with Crippen LogP contribution in [0.2, 0.25) is 0 Å². The Hall–Kier alpha value is -4.17. The van der Waals surface area contributed by atoms with E-state index in [0.29, 0.717) is 12.1 Å². The molecular formula is C35H39N3O4S. The summed E-state index contributed by atoms with van der Waals surface area (Å²) in [6.45, 7) is 1.72. The van der Waals surface area contributed by atoms with Crippen molar-refractivity contribution in [2.75, 3.05) is 17.1 Å². The second kappa shape index (κ2) is 13.4. The number of fused-ring (bicyclic) bond motifs is 1. The molecule has 0 spiro atoms. The predicted octanol–water partition coefficient (Wildman–Crippen LogP) is 5.61. The van der Waals surface area contributed by atoms with E-state index in [1.54, 1.807) is 17.0 Å². The molecule has 1 saturated carbocycles. The van der Waals surface area contributed by atoms with Gasteiger partial charge in [0.2, 0.25) is 21.8 Å². The van der Waals surface area contributed by atoms with Crippen molar-refractivity contribution in [3.63, 3.8) is 0 Å². The molecule has 8 heteroatoms. The van der Waals surface area contributed by atoms with Gasteiger partial charge in [-0.2, -0.15) is 0 Å². The van der Waals surface area contributed by atoms with Crippen molar-refractivity contribution in [1.29, 1.82) is 0 Å². The maximum absolute atomic E-state index is 14.4. The third kappa shape index (κ3) is 7.43. The predicted molar refractivity (Wildman–Crippen MR) is 172 cm³/mol. The zero-order valence-corrected chi connectivity index (χ0v) is 25.6. The molecule has 224 valence electrons. The van der Waals surface area contributed by atoms with Crippen LogP contribution in [-0.4, -0.2) is 50.0 Å². The number of aryl methyl sites for hydroxylation is 1. The Labute approximate surface area is 254 Å². The summed E-state index contributed by atoms with van der Waals surface area (Å²) >= 11 is 0. The maximum Gasteiger partial charge on any atom is 0.244 e. The fraction of sp³-hybridized carbons (Fsp3) is 0.314. The van der Waals surface area contributed by atoms with Crippen molar-refractivity contribution in [2.45, 2.75) is 57.7 Å². The van der Waals surface area contributed by atoms with Crippen LogP contribution in [0.1, 0.15) is 42.4 Å². The molecule has 4 aromatic carbocycles. The van der Waals surface area contributed by atoms with Gasteiger partial charge in [0.25, 0.3) is 0 Å². The van der Waals surface area contributed by atoms with Crippen molar-refractivity contribution in [3.8, 4) is 0 Å². The molecule has 0 unspecified atom stereocenters. The van der Waals surface area contributed by atoms with E-state index in [9.17, 15) is 18.0 Å². The fourth-order valence-corrected chi connectivity index (χ4v) is 6.77. The van der Waals surface area contributed by atoms with Gasteiger partial charge >= 0.3 is 0 Å². The quantitative estimate of drug-likeness (QED) is 0.243. The zero-order chi connectivity index (χ0) is 30.4. The Morgan fingerprint density at radius 2 is 1.51 bits per heavy atom. The van der Waals surface area contributed by atoms with Gasteiger partial charge in [-0.3, -0.25) is 13.9 Å². The number of amides is 2. The van der Waals surface area contributed by atoms with Gasteiger partial charge in [-0.1, -0.05) is 104 Å². The molecule has 7 nitrogen and oxygen atoms in total. The summed E-state index contributed by atoms with van der Waals surface area (Å²) in [4.78, 5) is 30.0. The number of rotatable bonds is 11. The minimum absolute atomic E-state index is 0.0735. The molecule has 0 bridgehead atoms. The number of sulfonamides is 1. The first-order valence-electron chi connectivity index (χ1n) is 14.8. The molecule has 4 aromatic rings. The van der Waals surface area contributed by atoms with Crippen LogP contribution in [-0.2, 0) is 32.6 Å². The first-order chi connectivity index (χ1) is 20.7. The maximum atomic E-state index is 14.4. The number of anilines is 1. The first-order valence-corrected chi connectivity index (χ1v) is 16.7. The highest BCUT2D eigenvalue weighted by Gasteiger charge is 2.34. The van der Waals surface area contributed by atoms with Crippen molar-refractivity contribution < 1.29 is 18.0 Å². The van der Waals surface area contributed by atoms with Crippen LogP contribution in [0, 0.1) is 6.92 Å². The molecule has 1 aliphatic carbocycles. The number of benzene rings is 4. The van der Waals surface area contributed by atoms with Crippen LogP contribution in [0.15, 0.2) is 97.1 Å². The molecule has 1 atom stereocenters. The molecule has 0 aromatic heterocycles. The van der Waals surface area contributed by atoms with E-state index in [-0.39, 0.29) is 18.5 Å². The van der Waals surface area contributed by atoms with E-state index in [1.165, 1.54) is 0 Å². The van der Waals surface area contributed by atoms with Gasteiger partial charge in [0.15, 0.2) is 0 Å². The number of carbonyl (C=O) groups is 2. The second-order valence-electron chi connectivity index (χ2n) is 11.4. The lowest BCUT2D eigenvalue weighted by Gasteiger charge is -2.34. The summed E-state index contributed by atoms with van der Waals surface area (Å²) in [5.74, 6) is -0.655. The summed E-state index contributed by atoms with van der Waals surface area (Å²) < 4.78 is 27.7. The van der Waals surface area contributed by atoms with E-state index >= 15 is 0 Å². The number of nitrogens with zero attached hydrogens (tertiary/aromatic N) is 2. The van der Waals surface area contributed by atoms with Crippen LogP contribution in [0.5, 0.6) is 0 Å². The number of nitrogens with one attached hydrogen (secondary N) is 1. The van der Waals surface area contributed by atoms with Crippen LogP contribution >= 0.6 is 0 Å². The van der Waals surface area contributed by atoms with Gasteiger partial charge in [0.1, 0.15) is 12.6 Å². The largest absolute Gasteiger partial charge is 0.352 e. The van der Waals surface area contributed by atoms with Crippen LogP contribution in [0.3, 0.4) is 0 Å². The third-order valence-corrected chi connectivity index (χ3v) is 9.42. The summed E-state index contributed by atoms with van der Waals surface area (Å²) in [7, 11) is -3.86. The highest BCUT2D eigenvalue weighted by molar-refractivity contribution is 7.92. The van der Waals surface area contributed by atoms with Gasteiger partial charge in [-0.25, -0.2) is 8.42 Å². The Bertz CT molecular complexity index is 1680.